The van der Waals surface area contributed by atoms with Crippen molar-refractivity contribution in [3.05, 3.63) is 70.8 Å². The molecule has 1 heterocycles. The molecule has 0 unspecified atom stereocenters. The van der Waals surface area contributed by atoms with Crippen LogP contribution in [0, 0.1) is 10.1 Å². The molecule has 2 aromatic carbocycles. The molecule has 1 aliphatic rings. The average molecular weight is 448 g/mol. The lowest BCUT2D eigenvalue weighted by Gasteiger charge is -2.26. The van der Waals surface area contributed by atoms with Crippen molar-refractivity contribution in [2.45, 2.75) is 11.4 Å². The van der Waals surface area contributed by atoms with Gasteiger partial charge < -0.3 is 14.4 Å². The van der Waals surface area contributed by atoms with E-state index in [1.165, 1.54) is 16.4 Å². The van der Waals surface area contributed by atoms with Crippen LogP contribution in [0.4, 0.5) is 11.4 Å². The molecule has 0 N–H and O–H groups in total. The van der Waals surface area contributed by atoms with E-state index < -0.39 is 14.9 Å². The number of morpholine rings is 1. The second-order valence-electron chi connectivity index (χ2n) is 7.02. The smallest absolute Gasteiger partial charge is 0.293 e. The normalized spacial score (nSPS) is 14.7. The highest BCUT2D eigenvalue weighted by Gasteiger charge is 2.29. The SMILES string of the molecule is C=CCOc1ccc(CN(C)c2ccc(S(=O)(=O)N3CCOCC3)cc2[N+](=O)[O-])cc1. The molecule has 0 radical (unpaired) electrons. The van der Waals surface area contributed by atoms with Gasteiger partial charge in [-0.25, -0.2) is 8.42 Å². The van der Waals surface area contributed by atoms with Crippen LogP contribution in [0.25, 0.3) is 0 Å². The van der Waals surface area contributed by atoms with Crippen LogP contribution in [0.5, 0.6) is 5.75 Å². The first-order chi connectivity index (χ1) is 14.8. The third-order valence-electron chi connectivity index (χ3n) is 4.87. The van der Waals surface area contributed by atoms with Gasteiger partial charge in [0, 0.05) is 32.7 Å². The van der Waals surface area contributed by atoms with E-state index in [4.69, 9.17) is 9.47 Å². The molecular weight excluding hydrogens is 422 g/mol. The van der Waals surface area contributed by atoms with Crippen molar-refractivity contribution in [2.24, 2.45) is 0 Å². The van der Waals surface area contributed by atoms with E-state index >= 15 is 0 Å². The van der Waals surface area contributed by atoms with E-state index in [2.05, 4.69) is 6.58 Å². The third-order valence-corrected chi connectivity index (χ3v) is 6.77. The lowest BCUT2D eigenvalue weighted by molar-refractivity contribution is -0.384. The zero-order chi connectivity index (χ0) is 22.4. The van der Waals surface area contributed by atoms with Gasteiger partial charge in [0.1, 0.15) is 18.0 Å². The Morgan fingerprint density at radius 1 is 1.23 bits per heavy atom. The van der Waals surface area contributed by atoms with Crippen molar-refractivity contribution < 1.29 is 22.8 Å². The Morgan fingerprint density at radius 3 is 2.52 bits per heavy atom. The van der Waals surface area contributed by atoms with Crippen LogP contribution in [0.3, 0.4) is 0 Å². The van der Waals surface area contributed by atoms with Crippen LogP contribution in [0.15, 0.2) is 60.0 Å². The lowest BCUT2D eigenvalue weighted by Crippen LogP contribution is -2.40. The van der Waals surface area contributed by atoms with Gasteiger partial charge in [0.25, 0.3) is 5.69 Å². The fraction of sp³-hybridized carbons (Fsp3) is 0.333. The molecule has 1 aliphatic heterocycles. The molecule has 0 atom stereocenters. The highest BCUT2D eigenvalue weighted by Crippen LogP contribution is 2.32. The molecule has 166 valence electrons. The number of nitro benzene ring substituents is 1. The van der Waals surface area contributed by atoms with Crippen LogP contribution in [0.2, 0.25) is 0 Å². The first-order valence-corrected chi connectivity index (χ1v) is 11.2. The van der Waals surface area contributed by atoms with Gasteiger partial charge in [0.2, 0.25) is 10.0 Å². The van der Waals surface area contributed by atoms with Gasteiger partial charge in [0.05, 0.1) is 23.0 Å². The molecule has 9 nitrogen and oxygen atoms in total. The molecule has 0 amide bonds. The van der Waals surface area contributed by atoms with Crippen molar-refractivity contribution in [2.75, 3.05) is 44.9 Å². The van der Waals surface area contributed by atoms with Gasteiger partial charge in [-0.05, 0) is 29.8 Å². The van der Waals surface area contributed by atoms with Crippen molar-refractivity contribution in [1.82, 2.24) is 4.31 Å². The average Bonchev–Trinajstić information content (AvgIpc) is 2.78. The van der Waals surface area contributed by atoms with Gasteiger partial charge in [-0.3, -0.25) is 10.1 Å². The number of nitrogens with zero attached hydrogens (tertiary/aromatic N) is 3. The molecule has 31 heavy (non-hydrogen) atoms. The van der Waals surface area contributed by atoms with Gasteiger partial charge in [-0.15, -0.1) is 0 Å². The number of sulfonamides is 1. The molecule has 2 aromatic rings. The van der Waals surface area contributed by atoms with E-state index in [-0.39, 0.29) is 23.7 Å². The minimum Gasteiger partial charge on any atom is -0.490 e. The Balaban J connectivity index is 1.82. The van der Waals surface area contributed by atoms with Crippen LogP contribution in [-0.2, 0) is 21.3 Å². The third kappa shape index (κ3) is 5.40. The lowest BCUT2D eigenvalue weighted by atomic mass is 10.2. The van der Waals surface area contributed by atoms with E-state index in [0.29, 0.717) is 37.8 Å². The van der Waals surface area contributed by atoms with Crippen molar-refractivity contribution >= 4 is 21.4 Å². The number of hydrogen-bond acceptors (Lipinski definition) is 7. The summed E-state index contributed by atoms with van der Waals surface area (Å²) >= 11 is 0. The largest absolute Gasteiger partial charge is 0.490 e. The Kier molecular flexibility index (Phi) is 7.26. The van der Waals surface area contributed by atoms with Gasteiger partial charge in [-0.1, -0.05) is 24.8 Å². The minimum absolute atomic E-state index is 0.0954. The zero-order valence-electron chi connectivity index (χ0n) is 17.3. The van der Waals surface area contributed by atoms with Gasteiger partial charge in [-0.2, -0.15) is 4.31 Å². The zero-order valence-corrected chi connectivity index (χ0v) is 18.1. The van der Waals surface area contributed by atoms with E-state index in [0.717, 1.165) is 11.6 Å². The van der Waals surface area contributed by atoms with Gasteiger partial charge >= 0.3 is 0 Å². The minimum atomic E-state index is -3.82. The maximum absolute atomic E-state index is 12.9. The fourth-order valence-corrected chi connectivity index (χ4v) is 4.70. The maximum atomic E-state index is 12.9. The summed E-state index contributed by atoms with van der Waals surface area (Å²) in [4.78, 5) is 12.8. The summed E-state index contributed by atoms with van der Waals surface area (Å²) in [5.41, 5.74) is 0.994. The van der Waals surface area contributed by atoms with Crippen LogP contribution >= 0.6 is 0 Å². The molecule has 0 spiro atoms. The predicted octanol–water partition coefficient (Wildman–Crippen LogP) is 2.82. The van der Waals surface area contributed by atoms with Crippen molar-refractivity contribution in [3.63, 3.8) is 0 Å². The van der Waals surface area contributed by atoms with Crippen molar-refractivity contribution in [3.8, 4) is 5.75 Å². The number of ether oxygens (including phenoxy) is 2. The second-order valence-corrected chi connectivity index (χ2v) is 8.96. The quantitative estimate of drug-likeness (QED) is 0.331. The molecule has 0 bridgehead atoms. The first kappa shape index (κ1) is 22.7. The molecule has 3 rings (SSSR count). The van der Waals surface area contributed by atoms with Crippen LogP contribution < -0.4 is 9.64 Å². The van der Waals surface area contributed by atoms with Crippen LogP contribution in [0.1, 0.15) is 5.56 Å². The molecule has 1 saturated heterocycles. The first-order valence-electron chi connectivity index (χ1n) is 9.73. The summed E-state index contributed by atoms with van der Waals surface area (Å²) in [5.74, 6) is 0.704. The number of hydrogen-bond donors (Lipinski definition) is 0. The molecule has 0 saturated carbocycles. The van der Waals surface area contributed by atoms with E-state index in [1.54, 1.807) is 18.0 Å². The summed E-state index contributed by atoms with van der Waals surface area (Å²) in [6.07, 6.45) is 1.66. The second kappa shape index (κ2) is 9.90. The monoisotopic (exact) mass is 447 g/mol. The number of benzene rings is 2. The summed E-state index contributed by atoms with van der Waals surface area (Å²) < 4.78 is 37.7. The topological polar surface area (TPSA) is 102 Å². The molecular formula is C21H25N3O6S. The number of nitro groups is 1. The van der Waals surface area contributed by atoms with E-state index in [9.17, 15) is 18.5 Å². The Morgan fingerprint density at radius 2 is 1.90 bits per heavy atom. The summed E-state index contributed by atoms with van der Waals surface area (Å²) in [7, 11) is -2.10. The summed E-state index contributed by atoms with van der Waals surface area (Å²) in [6, 6.07) is 11.4. The summed E-state index contributed by atoms with van der Waals surface area (Å²) in [6.45, 7) is 5.48. The maximum Gasteiger partial charge on any atom is 0.293 e. The standard InChI is InChI=1S/C21H25N3O6S/c1-3-12-30-18-6-4-17(5-7-18)16-22(2)20-9-8-19(15-21(20)24(25)26)31(27,28)23-10-13-29-14-11-23/h3-9,15H,1,10-14,16H2,2H3. The molecule has 1 fully saturated rings. The summed E-state index contributed by atoms with van der Waals surface area (Å²) in [5, 5.41) is 11.7. The fourth-order valence-electron chi connectivity index (χ4n) is 3.27. The van der Waals surface area contributed by atoms with Gasteiger partial charge in [0.15, 0.2) is 0 Å². The predicted molar refractivity (Wildman–Crippen MR) is 117 cm³/mol. The highest BCUT2D eigenvalue weighted by molar-refractivity contribution is 7.89. The molecule has 0 aromatic heterocycles. The Bertz CT molecular complexity index is 1030. The Hall–Kier alpha value is -2.95. The number of rotatable bonds is 9. The van der Waals surface area contributed by atoms with Crippen molar-refractivity contribution in [1.29, 1.82) is 0 Å². The van der Waals surface area contributed by atoms with E-state index in [1.807, 2.05) is 24.3 Å². The van der Waals surface area contributed by atoms with Crippen LogP contribution in [-0.4, -0.2) is 57.6 Å². The molecule has 0 aliphatic carbocycles. The number of anilines is 1. The highest BCUT2D eigenvalue weighted by atomic mass is 32.2. The molecule has 10 heteroatoms. The Labute approximate surface area is 181 Å².